The number of hydrogen-bond donors (Lipinski definition) is 0. The number of methoxy groups -OCH3 is 1. The highest BCUT2D eigenvalue weighted by Crippen LogP contribution is 2.13. The van der Waals surface area contributed by atoms with E-state index in [4.69, 9.17) is 9.47 Å². The van der Waals surface area contributed by atoms with Gasteiger partial charge in [0, 0.05) is 19.6 Å². The smallest absolute Gasteiger partial charge is 0.337 e. The summed E-state index contributed by atoms with van der Waals surface area (Å²) in [5.74, 6) is 0.429. The summed E-state index contributed by atoms with van der Waals surface area (Å²) in [6, 6.07) is 6.98. The Balaban J connectivity index is 1.75. The zero-order valence-electron chi connectivity index (χ0n) is 12.0. The minimum atomic E-state index is -0.334. The number of nitrogens with zero attached hydrogens (tertiary/aromatic N) is 1. The highest BCUT2D eigenvalue weighted by atomic mass is 16.5. The van der Waals surface area contributed by atoms with Crippen LogP contribution in [-0.4, -0.2) is 56.9 Å². The molecule has 2 rings (SSSR count). The van der Waals surface area contributed by atoms with Gasteiger partial charge in [0.15, 0.2) is 0 Å². The molecular weight excluding hydrogens is 258 g/mol. The highest BCUT2D eigenvalue weighted by Gasteiger charge is 2.16. The number of carbonyl (C=O) groups excluding carboxylic acids is 1. The second-order valence-electron chi connectivity index (χ2n) is 4.85. The number of carbonyl (C=O) groups is 1. The lowest BCUT2D eigenvalue weighted by atomic mass is 10.2. The van der Waals surface area contributed by atoms with Crippen molar-refractivity contribution in [3.8, 4) is 5.75 Å². The second-order valence-corrected chi connectivity index (χ2v) is 4.85. The van der Waals surface area contributed by atoms with Crippen molar-refractivity contribution in [3.05, 3.63) is 29.8 Å². The predicted molar refractivity (Wildman–Crippen MR) is 75.1 cm³/mol. The molecule has 20 heavy (non-hydrogen) atoms. The molecule has 5 nitrogen and oxygen atoms in total. The molecule has 0 saturated carbocycles. The Morgan fingerprint density at radius 1 is 1.40 bits per heavy atom. The third-order valence-electron chi connectivity index (χ3n) is 3.28. The molecule has 0 N–H and O–H groups in total. The average molecular weight is 279 g/mol. The number of morpholine rings is 1. The van der Waals surface area contributed by atoms with Gasteiger partial charge in [-0.1, -0.05) is 0 Å². The van der Waals surface area contributed by atoms with Crippen molar-refractivity contribution in [2.45, 2.75) is 13.0 Å². The van der Waals surface area contributed by atoms with Crippen LogP contribution >= 0.6 is 0 Å². The summed E-state index contributed by atoms with van der Waals surface area (Å²) in [7, 11) is 1.37. The fourth-order valence-corrected chi connectivity index (χ4v) is 2.19. The number of esters is 1. The number of ether oxygens (including phenoxy) is 3. The minimum Gasteiger partial charge on any atom is -0.492 e. The molecule has 5 heteroatoms. The third-order valence-corrected chi connectivity index (χ3v) is 3.28. The summed E-state index contributed by atoms with van der Waals surface area (Å²) in [5, 5.41) is 0. The van der Waals surface area contributed by atoms with Crippen molar-refractivity contribution in [2.75, 3.05) is 40.0 Å². The van der Waals surface area contributed by atoms with Crippen LogP contribution in [0.2, 0.25) is 0 Å². The Kier molecular flexibility index (Phi) is 5.38. The molecule has 1 atom stereocenters. The summed E-state index contributed by atoms with van der Waals surface area (Å²) in [6.45, 7) is 6.28. The molecular formula is C15H21NO4. The third kappa shape index (κ3) is 4.21. The molecule has 110 valence electrons. The molecule has 0 aliphatic carbocycles. The fourth-order valence-electron chi connectivity index (χ4n) is 2.19. The Hall–Kier alpha value is -1.59. The van der Waals surface area contributed by atoms with Crippen molar-refractivity contribution in [2.24, 2.45) is 0 Å². The quantitative estimate of drug-likeness (QED) is 0.766. The SMILES string of the molecule is COC(=O)c1ccc(OCCN2CCO[C@@H](C)C2)cc1. The van der Waals surface area contributed by atoms with Gasteiger partial charge in [-0.05, 0) is 31.2 Å². The van der Waals surface area contributed by atoms with Crippen LogP contribution in [-0.2, 0) is 9.47 Å². The first-order valence-corrected chi connectivity index (χ1v) is 6.84. The molecule has 0 bridgehead atoms. The van der Waals surface area contributed by atoms with Crippen LogP contribution in [0.1, 0.15) is 17.3 Å². The van der Waals surface area contributed by atoms with E-state index in [9.17, 15) is 4.79 Å². The van der Waals surface area contributed by atoms with Gasteiger partial charge in [-0.3, -0.25) is 4.90 Å². The van der Waals surface area contributed by atoms with E-state index in [2.05, 4.69) is 16.6 Å². The first-order valence-electron chi connectivity index (χ1n) is 6.84. The van der Waals surface area contributed by atoms with E-state index in [1.54, 1.807) is 24.3 Å². The maximum absolute atomic E-state index is 11.3. The topological polar surface area (TPSA) is 48.0 Å². The molecule has 1 aromatic rings. The molecule has 0 amide bonds. The minimum absolute atomic E-state index is 0.295. The van der Waals surface area contributed by atoms with Gasteiger partial charge in [0.1, 0.15) is 12.4 Å². The molecule has 0 radical (unpaired) electrons. The number of rotatable bonds is 5. The summed E-state index contributed by atoms with van der Waals surface area (Å²) in [6.07, 6.45) is 0.295. The van der Waals surface area contributed by atoms with Crippen LogP contribution in [0.15, 0.2) is 24.3 Å². The lowest BCUT2D eigenvalue weighted by Crippen LogP contribution is -2.42. The normalized spacial score (nSPS) is 19.6. The molecule has 1 heterocycles. The predicted octanol–water partition coefficient (Wildman–Crippen LogP) is 1.57. The lowest BCUT2D eigenvalue weighted by molar-refractivity contribution is -0.0214. The molecule has 1 saturated heterocycles. The molecule has 1 aliphatic rings. The Morgan fingerprint density at radius 2 is 2.15 bits per heavy atom. The van der Waals surface area contributed by atoms with Crippen molar-refractivity contribution in [1.29, 1.82) is 0 Å². The molecule has 0 unspecified atom stereocenters. The maximum atomic E-state index is 11.3. The zero-order chi connectivity index (χ0) is 14.4. The van der Waals surface area contributed by atoms with Crippen molar-refractivity contribution >= 4 is 5.97 Å². The van der Waals surface area contributed by atoms with E-state index in [1.165, 1.54) is 7.11 Å². The van der Waals surface area contributed by atoms with Crippen LogP contribution < -0.4 is 4.74 Å². The fraction of sp³-hybridized carbons (Fsp3) is 0.533. The van der Waals surface area contributed by atoms with Gasteiger partial charge in [-0.2, -0.15) is 0 Å². The maximum Gasteiger partial charge on any atom is 0.337 e. The van der Waals surface area contributed by atoms with Gasteiger partial charge in [-0.15, -0.1) is 0 Å². The van der Waals surface area contributed by atoms with Crippen molar-refractivity contribution in [3.63, 3.8) is 0 Å². The number of benzene rings is 1. The average Bonchev–Trinajstić information content (AvgIpc) is 2.47. The summed E-state index contributed by atoms with van der Waals surface area (Å²) < 4.78 is 15.8. The van der Waals surface area contributed by atoms with Gasteiger partial charge in [-0.25, -0.2) is 4.79 Å². The summed E-state index contributed by atoms with van der Waals surface area (Å²) >= 11 is 0. The van der Waals surface area contributed by atoms with Crippen LogP contribution in [0.4, 0.5) is 0 Å². The molecule has 0 spiro atoms. The van der Waals surface area contributed by atoms with E-state index in [0.717, 1.165) is 32.0 Å². The van der Waals surface area contributed by atoms with E-state index in [-0.39, 0.29) is 5.97 Å². The second kappa shape index (κ2) is 7.26. The van der Waals surface area contributed by atoms with Crippen LogP contribution in [0.3, 0.4) is 0 Å². The van der Waals surface area contributed by atoms with Crippen LogP contribution in [0.5, 0.6) is 5.75 Å². The largest absolute Gasteiger partial charge is 0.492 e. The van der Waals surface area contributed by atoms with E-state index in [0.29, 0.717) is 18.3 Å². The van der Waals surface area contributed by atoms with Crippen LogP contribution in [0, 0.1) is 0 Å². The summed E-state index contributed by atoms with van der Waals surface area (Å²) in [5.41, 5.74) is 0.529. The lowest BCUT2D eigenvalue weighted by Gasteiger charge is -2.30. The van der Waals surface area contributed by atoms with Gasteiger partial charge >= 0.3 is 5.97 Å². The van der Waals surface area contributed by atoms with E-state index < -0.39 is 0 Å². The first-order chi connectivity index (χ1) is 9.69. The first kappa shape index (κ1) is 14.8. The van der Waals surface area contributed by atoms with Crippen molar-refractivity contribution in [1.82, 2.24) is 4.90 Å². The van der Waals surface area contributed by atoms with Gasteiger partial charge in [0.2, 0.25) is 0 Å². The molecule has 1 fully saturated rings. The Labute approximate surface area is 119 Å². The van der Waals surface area contributed by atoms with Gasteiger partial charge < -0.3 is 14.2 Å². The monoisotopic (exact) mass is 279 g/mol. The number of hydrogen-bond acceptors (Lipinski definition) is 5. The molecule has 1 aliphatic heterocycles. The molecule has 1 aromatic carbocycles. The molecule has 0 aromatic heterocycles. The summed E-state index contributed by atoms with van der Waals surface area (Å²) in [4.78, 5) is 13.6. The zero-order valence-corrected chi connectivity index (χ0v) is 12.0. The standard InChI is InChI=1S/C15H21NO4/c1-12-11-16(7-9-19-12)8-10-20-14-5-3-13(4-6-14)15(17)18-2/h3-6,12H,7-11H2,1-2H3/t12-/m0/s1. The van der Waals surface area contributed by atoms with Gasteiger partial charge in [0.05, 0.1) is 25.4 Å². The van der Waals surface area contributed by atoms with E-state index >= 15 is 0 Å². The van der Waals surface area contributed by atoms with E-state index in [1.807, 2.05) is 0 Å². The Bertz CT molecular complexity index is 432. The van der Waals surface area contributed by atoms with Gasteiger partial charge in [0.25, 0.3) is 0 Å². The highest BCUT2D eigenvalue weighted by molar-refractivity contribution is 5.89. The van der Waals surface area contributed by atoms with Crippen molar-refractivity contribution < 1.29 is 19.0 Å². The Morgan fingerprint density at radius 3 is 2.80 bits per heavy atom. The van der Waals surface area contributed by atoms with Crippen LogP contribution in [0.25, 0.3) is 0 Å².